The largest absolute Gasteiger partial charge is 0.393 e. The third-order valence-corrected chi connectivity index (χ3v) is 2.60. The van der Waals surface area contributed by atoms with Crippen molar-refractivity contribution in [2.75, 3.05) is 11.9 Å². The number of rotatable bonds is 5. The molecule has 0 bridgehead atoms. The third-order valence-electron chi connectivity index (χ3n) is 2.37. The van der Waals surface area contributed by atoms with Crippen molar-refractivity contribution in [2.24, 2.45) is 0 Å². The van der Waals surface area contributed by atoms with Gasteiger partial charge in [0.05, 0.1) is 17.4 Å². The fourth-order valence-corrected chi connectivity index (χ4v) is 1.51. The lowest BCUT2D eigenvalue weighted by Crippen LogP contribution is -2.12. The fourth-order valence-electron chi connectivity index (χ4n) is 1.34. The fraction of sp³-hybridized carbons (Fsp3) is 0.417. The molecule has 1 aromatic rings. The van der Waals surface area contributed by atoms with Gasteiger partial charge in [0.2, 0.25) is 0 Å². The number of aliphatic hydroxyl groups excluding tert-OH is 1. The van der Waals surface area contributed by atoms with Crippen LogP contribution >= 0.6 is 11.6 Å². The van der Waals surface area contributed by atoms with Gasteiger partial charge in [-0.3, -0.25) is 0 Å². The van der Waals surface area contributed by atoms with Crippen LogP contribution in [0.4, 0.5) is 5.69 Å². The number of nitrogens with one attached hydrogen (secondary N) is 1. The maximum atomic E-state index is 9.39. The van der Waals surface area contributed by atoms with Crippen LogP contribution in [-0.2, 0) is 0 Å². The smallest absolute Gasteiger partial charge is 0.101 e. The maximum absolute atomic E-state index is 9.39. The highest BCUT2D eigenvalue weighted by Crippen LogP contribution is 2.20. The van der Waals surface area contributed by atoms with Gasteiger partial charge in [-0.25, -0.2) is 0 Å². The van der Waals surface area contributed by atoms with Gasteiger partial charge in [0.25, 0.3) is 0 Å². The van der Waals surface area contributed by atoms with Crippen molar-refractivity contribution in [1.29, 1.82) is 5.26 Å². The Labute approximate surface area is 101 Å². The van der Waals surface area contributed by atoms with E-state index in [1.807, 2.05) is 6.92 Å². The van der Waals surface area contributed by atoms with Gasteiger partial charge >= 0.3 is 0 Å². The number of hydrogen-bond donors (Lipinski definition) is 2. The van der Waals surface area contributed by atoms with E-state index in [0.717, 1.165) is 12.1 Å². The maximum Gasteiger partial charge on any atom is 0.101 e. The molecule has 0 radical (unpaired) electrons. The molecule has 0 aromatic heterocycles. The summed E-state index contributed by atoms with van der Waals surface area (Å²) in [4.78, 5) is 0. The van der Waals surface area contributed by atoms with Crippen LogP contribution in [0.15, 0.2) is 18.2 Å². The zero-order chi connectivity index (χ0) is 12.0. The summed E-state index contributed by atoms with van der Waals surface area (Å²) >= 11 is 5.84. The molecule has 0 heterocycles. The van der Waals surface area contributed by atoms with E-state index in [9.17, 15) is 5.11 Å². The van der Waals surface area contributed by atoms with Gasteiger partial charge < -0.3 is 10.4 Å². The molecule has 16 heavy (non-hydrogen) atoms. The quantitative estimate of drug-likeness (QED) is 0.830. The Morgan fingerprint density at radius 2 is 2.31 bits per heavy atom. The van der Waals surface area contributed by atoms with E-state index < -0.39 is 0 Å². The van der Waals surface area contributed by atoms with E-state index in [1.54, 1.807) is 18.2 Å². The Bertz CT molecular complexity index is 387. The Kier molecular flexibility index (Phi) is 5.10. The second-order valence-corrected chi connectivity index (χ2v) is 4.02. The first-order chi connectivity index (χ1) is 7.67. The summed E-state index contributed by atoms with van der Waals surface area (Å²) in [6.07, 6.45) is 1.10. The van der Waals surface area contributed by atoms with Crippen LogP contribution in [0.3, 0.4) is 0 Å². The molecule has 4 heteroatoms. The van der Waals surface area contributed by atoms with Gasteiger partial charge in [0.1, 0.15) is 6.07 Å². The molecule has 1 unspecified atom stereocenters. The molecule has 0 fully saturated rings. The summed E-state index contributed by atoms with van der Waals surface area (Å²) in [5.74, 6) is 0. The lowest BCUT2D eigenvalue weighted by Gasteiger charge is -2.11. The number of aliphatic hydroxyl groups is 1. The molecule has 0 aliphatic heterocycles. The van der Waals surface area contributed by atoms with Gasteiger partial charge in [0, 0.05) is 11.6 Å². The van der Waals surface area contributed by atoms with Crippen molar-refractivity contribution >= 4 is 17.3 Å². The number of hydrogen-bond acceptors (Lipinski definition) is 3. The molecule has 0 aliphatic rings. The van der Waals surface area contributed by atoms with E-state index in [0.29, 0.717) is 23.6 Å². The van der Waals surface area contributed by atoms with Gasteiger partial charge in [0.15, 0.2) is 0 Å². The Morgan fingerprint density at radius 3 is 2.94 bits per heavy atom. The molecule has 0 saturated carbocycles. The predicted molar refractivity (Wildman–Crippen MR) is 65.6 cm³/mol. The normalized spacial score (nSPS) is 11.9. The minimum absolute atomic E-state index is 0.294. The number of anilines is 1. The minimum atomic E-state index is -0.294. The van der Waals surface area contributed by atoms with Crippen LogP contribution in [0.2, 0.25) is 5.02 Å². The molecule has 0 saturated heterocycles. The topological polar surface area (TPSA) is 56.0 Å². The number of benzene rings is 1. The summed E-state index contributed by atoms with van der Waals surface area (Å²) in [7, 11) is 0. The number of nitriles is 1. The lowest BCUT2D eigenvalue weighted by atomic mass is 10.1. The Morgan fingerprint density at radius 1 is 1.56 bits per heavy atom. The molecule has 86 valence electrons. The van der Waals surface area contributed by atoms with Gasteiger partial charge in [-0.15, -0.1) is 0 Å². The minimum Gasteiger partial charge on any atom is -0.393 e. The predicted octanol–water partition coefficient (Wildman–Crippen LogP) is 2.78. The molecular formula is C12H15ClN2O. The van der Waals surface area contributed by atoms with Crippen molar-refractivity contribution in [1.82, 2.24) is 0 Å². The van der Waals surface area contributed by atoms with E-state index in [-0.39, 0.29) is 6.10 Å². The van der Waals surface area contributed by atoms with Gasteiger partial charge in [-0.1, -0.05) is 18.5 Å². The monoisotopic (exact) mass is 238 g/mol. The van der Waals surface area contributed by atoms with E-state index in [1.165, 1.54) is 0 Å². The molecule has 2 N–H and O–H groups in total. The van der Waals surface area contributed by atoms with Gasteiger partial charge in [-0.05, 0) is 31.0 Å². The van der Waals surface area contributed by atoms with Crippen LogP contribution in [0.5, 0.6) is 0 Å². The molecular weight excluding hydrogens is 224 g/mol. The molecule has 1 atom stereocenters. The van der Waals surface area contributed by atoms with Crippen LogP contribution in [0.1, 0.15) is 25.3 Å². The Hall–Kier alpha value is -1.24. The second kappa shape index (κ2) is 6.37. The van der Waals surface area contributed by atoms with Crippen molar-refractivity contribution in [3.8, 4) is 6.07 Å². The summed E-state index contributed by atoms with van der Waals surface area (Å²) in [6.45, 7) is 2.56. The standard InChI is InChI=1S/C12H15ClN2O/c1-2-11(16)5-6-15-12-7-10(13)4-3-9(12)8-14/h3-4,7,11,15-16H,2,5-6H2,1H3. The zero-order valence-corrected chi connectivity index (χ0v) is 9.96. The van der Waals surface area contributed by atoms with Crippen LogP contribution < -0.4 is 5.32 Å². The number of nitrogens with zero attached hydrogens (tertiary/aromatic N) is 1. The lowest BCUT2D eigenvalue weighted by molar-refractivity contribution is 0.164. The third kappa shape index (κ3) is 3.73. The molecule has 0 spiro atoms. The zero-order valence-electron chi connectivity index (χ0n) is 9.20. The summed E-state index contributed by atoms with van der Waals surface area (Å²) in [6, 6.07) is 7.18. The average Bonchev–Trinajstić information content (AvgIpc) is 2.29. The van der Waals surface area contributed by atoms with Crippen LogP contribution in [0, 0.1) is 11.3 Å². The highest BCUT2D eigenvalue weighted by molar-refractivity contribution is 6.30. The van der Waals surface area contributed by atoms with Crippen LogP contribution in [-0.4, -0.2) is 17.8 Å². The highest BCUT2D eigenvalue weighted by atomic mass is 35.5. The highest BCUT2D eigenvalue weighted by Gasteiger charge is 2.04. The first-order valence-corrected chi connectivity index (χ1v) is 5.66. The molecule has 3 nitrogen and oxygen atoms in total. The molecule has 1 aromatic carbocycles. The summed E-state index contributed by atoms with van der Waals surface area (Å²) < 4.78 is 0. The molecule has 1 rings (SSSR count). The van der Waals surface area contributed by atoms with Crippen molar-refractivity contribution in [3.05, 3.63) is 28.8 Å². The van der Waals surface area contributed by atoms with Crippen molar-refractivity contribution in [3.63, 3.8) is 0 Å². The Balaban J connectivity index is 2.59. The van der Waals surface area contributed by atoms with E-state index >= 15 is 0 Å². The average molecular weight is 239 g/mol. The summed E-state index contributed by atoms with van der Waals surface area (Å²) in [5, 5.41) is 22.0. The van der Waals surface area contributed by atoms with Crippen molar-refractivity contribution in [2.45, 2.75) is 25.9 Å². The van der Waals surface area contributed by atoms with Crippen molar-refractivity contribution < 1.29 is 5.11 Å². The van der Waals surface area contributed by atoms with E-state index in [4.69, 9.17) is 16.9 Å². The molecule has 0 amide bonds. The van der Waals surface area contributed by atoms with E-state index in [2.05, 4.69) is 11.4 Å². The number of halogens is 1. The van der Waals surface area contributed by atoms with Gasteiger partial charge in [-0.2, -0.15) is 5.26 Å². The van der Waals surface area contributed by atoms with Crippen LogP contribution in [0.25, 0.3) is 0 Å². The first-order valence-electron chi connectivity index (χ1n) is 5.29. The first kappa shape index (κ1) is 12.8. The summed E-state index contributed by atoms with van der Waals surface area (Å²) in [5.41, 5.74) is 1.29. The molecule has 0 aliphatic carbocycles. The SMILES string of the molecule is CCC(O)CCNc1cc(Cl)ccc1C#N. The second-order valence-electron chi connectivity index (χ2n) is 3.58.